The molecule has 1 rings (SSSR count). The van der Waals surface area contributed by atoms with Crippen molar-refractivity contribution in [1.82, 2.24) is 5.32 Å². The second kappa shape index (κ2) is 8.69. The van der Waals surface area contributed by atoms with Crippen molar-refractivity contribution in [3.63, 3.8) is 0 Å². The largest absolute Gasteiger partial charge is 0.493 e. The number of rotatable bonds is 9. The summed E-state index contributed by atoms with van der Waals surface area (Å²) in [5.74, 6) is 2.85. The van der Waals surface area contributed by atoms with E-state index in [1.165, 1.54) is 12.0 Å². The maximum absolute atomic E-state index is 5.51. The van der Waals surface area contributed by atoms with Crippen LogP contribution in [0.4, 0.5) is 0 Å². The molecule has 0 aliphatic heterocycles. The minimum Gasteiger partial charge on any atom is -0.493 e. The van der Waals surface area contributed by atoms with E-state index in [4.69, 9.17) is 14.2 Å². The van der Waals surface area contributed by atoms with Crippen LogP contribution in [0.3, 0.4) is 0 Å². The van der Waals surface area contributed by atoms with Gasteiger partial charge in [-0.2, -0.15) is 0 Å². The summed E-state index contributed by atoms with van der Waals surface area (Å²) in [7, 11) is 6.94. The van der Waals surface area contributed by atoms with Crippen LogP contribution in [-0.4, -0.2) is 34.9 Å². The van der Waals surface area contributed by atoms with Gasteiger partial charge in [0.15, 0.2) is 11.5 Å². The van der Waals surface area contributed by atoms with Gasteiger partial charge >= 0.3 is 0 Å². The molecule has 0 aliphatic rings. The Balaban J connectivity index is 2.79. The van der Waals surface area contributed by atoms with Gasteiger partial charge in [-0.3, -0.25) is 0 Å². The topological polar surface area (TPSA) is 39.7 Å². The van der Waals surface area contributed by atoms with Gasteiger partial charge in [0.2, 0.25) is 5.75 Å². The van der Waals surface area contributed by atoms with Crippen molar-refractivity contribution in [3.8, 4) is 17.2 Å². The molecule has 1 unspecified atom stereocenters. The third-order valence-corrected chi connectivity index (χ3v) is 3.58. The average molecular weight is 281 g/mol. The van der Waals surface area contributed by atoms with Gasteiger partial charge in [0.05, 0.1) is 21.3 Å². The highest BCUT2D eigenvalue weighted by molar-refractivity contribution is 5.55. The van der Waals surface area contributed by atoms with Gasteiger partial charge in [-0.1, -0.05) is 13.0 Å². The number of hydrogen-bond acceptors (Lipinski definition) is 4. The first kappa shape index (κ1) is 16.6. The van der Waals surface area contributed by atoms with Crippen LogP contribution < -0.4 is 19.5 Å². The predicted molar refractivity (Wildman–Crippen MR) is 82.1 cm³/mol. The van der Waals surface area contributed by atoms with Crippen molar-refractivity contribution in [1.29, 1.82) is 0 Å². The fourth-order valence-corrected chi connectivity index (χ4v) is 2.30. The second-order valence-electron chi connectivity index (χ2n) is 5.03. The Morgan fingerprint density at radius 2 is 1.70 bits per heavy atom. The lowest BCUT2D eigenvalue weighted by Crippen LogP contribution is -2.12. The van der Waals surface area contributed by atoms with Gasteiger partial charge in [0.25, 0.3) is 0 Å². The highest BCUT2D eigenvalue weighted by atomic mass is 16.5. The standard InChI is InChI=1S/C16H27NO3/c1-12(10-11-17-2)6-7-13-8-9-14(18-3)16(20-5)15(13)19-4/h8-9,12,17H,6-7,10-11H2,1-5H3. The van der Waals surface area contributed by atoms with Gasteiger partial charge in [-0.15, -0.1) is 0 Å². The van der Waals surface area contributed by atoms with E-state index in [1.54, 1.807) is 21.3 Å². The van der Waals surface area contributed by atoms with E-state index in [9.17, 15) is 0 Å². The van der Waals surface area contributed by atoms with E-state index >= 15 is 0 Å². The zero-order valence-corrected chi connectivity index (χ0v) is 13.3. The SMILES string of the molecule is CNCCC(C)CCc1ccc(OC)c(OC)c1OC. The highest BCUT2D eigenvalue weighted by Crippen LogP contribution is 2.40. The Morgan fingerprint density at radius 3 is 2.25 bits per heavy atom. The Morgan fingerprint density at radius 1 is 1.00 bits per heavy atom. The fraction of sp³-hybridized carbons (Fsp3) is 0.625. The third kappa shape index (κ3) is 4.30. The Kier molecular flexibility index (Phi) is 7.23. The summed E-state index contributed by atoms with van der Waals surface area (Å²) in [6.07, 6.45) is 3.30. The summed E-state index contributed by atoms with van der Waals surface area (Å²) < 4.78 is 16.2. The molecule has 1 aromatic carbocycles. The van der Waals surface area contributed by atoms with E-state index in [0.717, 1.165) is 25.1 Å². The lowest BCUT2D eigenvalue weighted by molar-refractivity contribution is 0.321. The molecule has 0 fully saturated rings. The molecule has 0 amide bonds. The molecule has 0 aliphatic carbocycles. The van der Waals surface area contributed by atoms with Gasteiger partial charge in [-0.25, -0.2) is 0 Å². The van der Waals surface area contributed by atoms with E-state index in [-0.39, 0.29) is 0 Å². The number of ether oxygens (including phenoxy) is 3. The van der Waals surface area contributed by atoms with E-state index in [1.807, 2.05) is 13.1 Å². The van der Waals surface area contributed by atoms with Crippen LogP contribution in [-0.2, 0) is 6.42 Å². The lowest BCUT2D eigenvalue weighted by Gasteiger charge is -2.17. The lowest BCUT2D eigenvalue weighted by atomic mass is 9.97. The van der Waals surface area contributed by atoms with Crippen LogP contribution in [0.15, 0.2) is 12.1 Å². The molecule has 0 aromatic heterocycles. The number of benzene rings is 1. The van der Waals surface area contributed by atoms with Crippen molar-refractivity contribution in [2.75, 3.05) is 34.9 Å². The molecule has 4 nitrogen and oxygen atoms in total. The van der Waals surface area contributed by atoms with Crippen molar-refractivity contribution in [2.24, 2.45) is 5.92 Å². The number of methoxy groups -OCH3 is 3. The van der Waals surface area contributed by atoms with Gasteiger partial charge in [0.1, 0.15) is 0 Å². The molecule has 114 valence electrons. The first-order valence-electron chi connectivity index (χ1n) is 7.10. The molecular formula is C16H27NO3. The minimum atomic E-state index is 0.676. The molecule has 4 heteroatoms. The molecule has 0 radical (unpaired) electrons. The van der Waals surface area contributed by atoms with E-state index < -0.39 is 0 Å². The summed E-state index contributed by atoms with van der Waals surface area (Å²) in [4.78, 5) is 0. The van der Waals surface area contributed by atoms with Gasteiger partial charge in [0, 0.05) is 0 Å². The molecule has 0 bridgehead atoms. The zero-order chi connectivity index (χ0) is 15.0. The van der Waals surface area contributed by atoms with Gasteiger partial charge in [-0.05, 0) is 50.4 Å². The summed E-state index contributed by atoms with van der Waals surface area (Å²) in [5.41, 5.74) is 1.17. The Labute approximate surface area is 122 Å². The molecule has 1 aromatic rings. The second-order valence-corrected chi connectivity index (χ2v) is 5.03. The first-order chi connectivity index (χ1) is 9.67. The van der Waals surface area contributed by atoms with E-state index in [0.29, 0.717) is 17.4 Å². The third-order valence-electron chi connectivity index (χ3n) is 3.58. The molecule has 1 N–H and O–H groups in total. The van der Waals surface area contributed by atoms with Crippen LogP contribution in [0, 0.1) is 5.92 Å². The number of aryl methyl sites for hydroxylation is 1. The van der Waals surface area contributed by atoms with Crippen molar-refractivity contribution in [2.45, 2.75) is 26.2 Å². The van der Waals surface area contributed by atoms with Crippen LogP contribution in [0.2, 0.25) is 0 Å². The minimum absolute atomic E-state index is 0.676. The average Bonchev–Trinajstić information content (AvgIpc) is 2.49. The molecule has 0 spiro atoms. The number of nitrogens with one attached hydrogen (secondary N) is 1. The zero-order valence-electron chi connectivity index (χ0n) is 13.3. The first-order valence-corrected chi connectivity index (χ1v) is 7.10. The molecule has 0 heterocycles. The molecule has 1 atom stereocenters. The molecular weight excluding hydrogens is 254 g/mol. The quantitative estimate of drug-likeness (QED) is 0.755. The molecule has 0 saturated carbocycles. The van der Waals surface area contributed by atoms with E-state index in [2.05, 4.69) is 18.3 Å². The van der Waals surface area contributed by atoms with Crippen LogP contribution in [0.1, 0.15) is 25.3 Å². The maximum Gasteiger partial charge on any atom is 0.203 e. The molecule has 20 heavy (non-hydrogen) atoms. The highest BCUT2D eigenvalue weighted by Gasteiger charge is 2.16. The predicted octanol–water partition coefficient (Wildman–Crippen LogP) is 2.89. The monoisotopic (exact) mass is 281 g/mol. The summed E-state index contributed by atoms with van der Waals surface area (Å²) >= 11 is 0. The van der Waals surface area contributed by atoms with Crippen molar-refractivity contribution < 1.29 is 14.2 Å². The number of hydrogen-bond donors (Lipinski definition) is 1. The summed E-state index contributed by atoms with van der Waals surface area (Å²) in [6.45, 7) is 3.34. The van der Waals surface area contributed by atoms with Crippen molar-refractivity contribution in [3.05, 3.63) is 17.7 Å². The van der Waals surface area contributed by atoms with Crippen LogP contribution >= 0.6 is 0 Å². The van der Waals surface area contributed by atoms with Gasteiger partial charge < -0.3 is 19.5 Å². The Hall–Kier alpha value is -1.42. The Bertz CT molecular complexity index is 407. The smallest absolute Gasteiger partial charge is 0.203 e. The molecule has 0 saturated heterocycles. The maximum atomic E-state index is 5.51. The van der Waals surface area contributed by atoms with Crippen LogP contribution in [0.5, 0.6) is 17.2 Å². The fourth-order valence-electron chi connectivity index (χ4n) is 2.30. The van der Waals surface area contributed by atoms with Crippen molar-refractivity contribution >= 4 is 0 Å². The summed E-state index contributed by atoms with van der Waals surface area (Å²) in [6, 6.07) is 4.00. The summed E-state index contributed by atoms with van der Waals surface area (Å²) in [5, 5.41) is 3.19. The van der Waals surface area contributed by atoms with Crippen LogP contribution in [0.25, 0.3) is 0 Å². The normalized spacial score (nSPS) is 12.1.